The molecule has 6 heteroatoms. The predicted molar refractivity (Wildman–Crippen MR) is 70.4 cm³/mol. The van der Waals surface area contributed by atoms with Gasteiger partial charge in [0.15, 0.2) is 0 Å². The van der Waals surface area contributed by atoms with Gasteiger partial charge in [0.25, 0.3) is 0 Å². The summed E-state index contributed by atoms with van der Waals surface area (Å²) in [6, 6.07) is 0. The lowest BCUT2D eigenvalue weighted by Crippen LogP contribution is -2.42. The number of rotatable bonds is 10. The molecule has 0 rings (SSSR count). The van der Waals surface area contributed by atoms with E-state index in [1.165, 1.54) is 11.9 Å². The fourth-order valence-electron chi connectivity index (χ4n) is 1.24. The van der Waals surface area contributed by atoms with Crippen LogP contribution in [0.5, 0.6) is 0 Å². The molecule has 0 aliphatic carbocycles. The second kappa shape index (κ2) is 10.8. The molecule has 0 aliphatic rings. The fraction of sp³-hybridized carbons (Fsp3) is 0.846. The first-order valence-corrected chi connectivity index (χ1v) is 6.73. The van der Waals surface area contributed by atoms with Crippen molar-refractivity contribution in [2.75, 3.05) is 26.8 Å². The molecule has 0 spiro atoms. The van der Waals surface area contributed by atoms with Crippen molar-refractivity contribution in [1.29, 1.82) is 0 Å². The van der Waals surface area contributed by atoms with Gasteiger partial charge in [-0.2, -0.15) is 0 Å². The number of esters is 2. The summed E-state index contributed by atoms with van der Waals surface area (Å²) in [5, 5.41) is 9.65. The molecule has 0 fully saturated rings. The van der Waals surface area contributed by atoms with Gasteiger partial charge in [-0.3, -0.25) is 9.69 Å². The van der Waals surface area contributed by atoms with Crippen molar-refractivity contribution in [2.24, 2.45) is 0 Å². The van der Waals surface area contributed by atoms with Crippen molar-refractivity contribution in [3.05, 3.63) is 0 Å². The van der Waals surface area contributed by atoms with Crippen LogP contribution in [-0.2, 0) is 19.1 Å². The summed E-state index contributed by atoms with van der Waals surface area (Å²) in [6.07, 6.45) is 1.96. The fourth-order valence-corrected chi connectivity index (χ4v) is 1.24. The highest BCUT2D eigenvalue weighted by atomic mass is 16.6. The number of likely N-dealkylation sites (N-methyl/N-ethyl adjacent to an activating group) is 1. The van der Waals surface area contributed by atoms with Gasteiger partial charge in [0.05, 0.1) is 19.8 Å². The minimum Gasteiger partial charge on any atom is -0.465 e. The number of ether oxygens (including phenoxy) is 2. The third-order valence-electron chi connectivity index (χ3n) is 2.51. The average molecular weight is 275 g/mol. The zero-order valence-electron chi connectivity index (χ0n) is 12.1. The molecular formula is C13H25NO5. The molecule has 0 aliphatic heterocycles. The highest BCUT2D eigenvalue weighted by Gasteiger charge is 2.23. The van der Waals surface area contributed by atoms with Crippen LogP contribution in [0.1, 0.15) is 39.5 Å². The van der Waals surface area contributed by atoms with Crippen LogP contribution in [0.2, 0.25) is 0 Å². The second-order valence-electron chi connectivity index (χ2n) is 4.38. The lowest BCUT2D eigenvalue weighted by Gasteiger charge is -2.20. The molecular weight excluding hydrogens is 250 g/mol. The zero-order valence-corrected chi connectivity index (χ0v) is 12.1. The largest absolute Gasteiger partial charge is 0.465 e. The summed E-state index contributed by atoms with van der Waals surface area (Å²) < 4.78 is 9.80. The Labute approximate surface area is 114 Å². The van der Waals surface area contributed by atoms with Crippen molar-refractivity contribution in [3.63, 3.8) is 0 Å². The van der Waals surface area contributed by atoms with E-state index in [4.69, 9.17) is 9.47 Å². The topological polar surface area (TPSA) is 76.1 Å². The van der Waals surface area contributed by atoms with Crippen molar-refractivity contribution in [2.45, 2.75) is 45.8 Å². The third-order valence-corrected chi connectivity index (χ3v) is 2.51. The summed E-state index contributed by atoms with van der Waals surface area (Å²) in [7, 11) is 1.47. The van der Waals surface area contributed by atoms with Crippen LogP contribution < -0.4 is 0 Å². The molecule has 0 saturated carbocycles. The predicted octanol–water partition coefficient (Wildman–Crippen LogP) is 0.923. The van der Waals surface area contributed by atoms with E-state index in [1.807, 2.05) is 13.8 Å². The molecule has 0 radical (unpaired) electrons. The normalized spacial score (nSPS) is 12.3. The smallest absolute Gasteiger partial charge is 0.350 e. The first-order valence-electron chi connectivity index (χ1n) is 6.73. The third kappa shape index (κ3) is 8.56. The van der Waals surface area contributed by atoms with Gasteiger partial charge in [-0.1, -0.05) is 26.7 Å². The van der Waals surface area contributed by atoms with E-state index < -0.39 is 18.2 Å². The van der Waals surface area contributed by atoms with Crippen LogP contribution in [0.4, 0.5) is 0 Å². The molecule has 0 heterocycles. The number of carbonyl (C=O) groups excluding carboxylic acids is 2. The Morgan fingerprint density at radius 3 is 2.16 bits per heavy atom. The number of nitrogens with zero attached hydrogens (tertiary/aromatic N) is 1. The van der Waals surface area contributed by atoms with Crippen LogP contribution in [0.25, 0.3) is 0 Å². The minimum atomic E-state index is -1.43. The van der Waals surface area contributed by atoms with E-state index in [0.717, 1.165) is 25.7 Å². The summed E-state index contributed by atoms with van der Waals surface area (Å²) in [5.74, 6) is -1.20. The van der Waals surface area contributed by atoms with Gasteiger partial charge in [0.2, 0.25) is 6.23 Å². The Balaban J connectivity index is 3.93. The maximum atomic E-state index is 11.4. The molecule has 112 valence electrons. The SMILES string of the molecule is CCCCOC(=O)CN(C)C(O)C(=O)OCCCC. The average Bonchev–Trinajstić information content (AvgIpc) is 2.38. The highest BCUT2D eigenvalue weighted by molar-refractivity contribution is 5.76. The van der Waals surface area contributed by atoms with Gasteiger partial charge in [-0.05, 0) is 19.9 Å². The molecule has 1 atom stereocenters. The number of aliphatic hydroxyl groups excluding tert-OH is 1. The van der Waals surface area contributed by atoms with Crippen LogP contribution in [0.3, 0.4) is 0 Å². The van der Waals surface area contributed by atoms with Crippen LogP contribution >= 0.6 is 0 Å². The molecule has 19 heavy (non-hydrogen) atoms. The molecule has 1 N–H and O–H groups in total. The molecule has 1 unspecified atom stereocenters. The van der Waals surface area contributed by atoms with Gasteiger partial charge in [-0.25, -0.2) is 4.79 Å². The maximum absolute atomic E-state index is 11.4. The minimum absolute atomic E-state index is 0.145. The van der Waals surface area contributed by atoms with Crippen molar-refractivity contribution >= 4 is 11.9 Å². The van der Waals surface area contributed by atoms with Crippen molar-refractivity contribution < 1.29 is 24.2 Å². The first-order chi connectivity index (χ1) is 9.02. The van der Waals surface area contributed by atoms with Gasteiger partial charge >= 0.3 is 11.9 Å². The Bertz CT molecular complexity index is 270. The van der Waals surface area contributed by atoms with Crippen LogP contribution in [0, 0.1) is 0 Å². The molecule has 0 aromatic heterocycles. The highest BCUT2D eigenvalue weighted by Crippen LogP contribution is 1.99. The Morgan fingerprint density at radius 1 is 1.11 bits per heavy atom. The summed E-state index contributed by atoms with van der Waals surface area (Å²) in [5.41, 5.74) is 0. The van der Waals surface area contributed by atoms with Gasteiger partial charge < -0.3 is 14.6 Å². The number of unbranched alkanes of at least 4 members (excludes halogenated alkanes) is 2. The van der Waals surface area contributed by atoms with Gasteiger partial charge in [0.1, 0.15) is 0 Å². The number of hydrogen-bond acceptors (Lipinski definition) is 6. The zero-order chi connectivity index (χ0) is 14.7. The van der Waals surface area contributed by atoms with E-state index in [-0.39, 0.29) is 13.2 Å². The Morgan fingerprint density at radius 2 is 1.63 bits per heavy atom. The second-order valence-corrected chi connectivity index (χ2v) is 4.38. The summed E-state index contributed by atoms with van der Waals surface area (Å²) in [4.78, 5) is 24.0. The first kappa shape index (κ1) is 17.9. The Hall–Kier alpha value is -1.14. The van der Waals surface area contributed by atoms with Crippen LogP contribution in [0.15, 0.2) is 0 Å². The number of hydrogen-bond donors (Lipinski definition) is 1. The lowest BCUT2D eigenvalue weighted by atomic mass is 10.3. The van der Waals surface area contributed by atoms with E-state index in [1.54, 1.807) is 0 Å². The standard InChI is InChI=1S/C13H25NO5/c1-4-6-8-18-11(15)10-14(3)12(16)13(17)19-9-7-5-2/h12,16H,4-10H2,1-3H3. The van der Waals surface area contributed by atoms with Crippen molar-refractivity contribution in [3.8, 4) is 0 Å². The Kier molecular flexibility index (Phi) is 10.1. The van der Waals surface area contributed by atoms with E-state index in [9.17, 15) is 14.7 Å². The molecule has 0 amide bonds. The number of aliphatic hydroxyl groups is 1. The molecule has 6 nitrogen and oxygen atoms in total. The van der Waals surface area contributed by atoms with Crippen LogP contribution in [-0.4, -0.2) is 55.0 Å². The molecule has 0 bridgehead atoms. The maximum Gasteiger partial charge on any atom is 0.350 e. The summed E-state index contributed by atoms with van der Waals surface area (Å²) in [6.45, 7) is 4.47. The van der Waals surface area contributed by atoms with E-state index in [2.05, 4.69) is 0 Å². The lowest BCUT2D eigenvalue weighted by molar-refractivity contribution is -0.166. The summed E-state index contributed by atoms with van der Waals surface area (Å²) >= 11 is 0. The molecule has 0 aromatic rings. The van der Waals surface area contributed by atoms with E-state index >= 15 is 0 Å². The monoisotopic (exact) mass is 275 g/mol. The van der Waals surface area contributed by atoms with E-state index in [0.29, 0.717) is 6.61 Å². The van der Waals surface area contributed by atoms with Crippen molar-refractivity contribution in [1.82, 2.24) is 4.90 Å². The molecule has 0 saturated heterocycles. The quantitative estimate of drug-likeness (QED) is 0.363. The number of carbonyl (C=O) groups is 2. The van der Waals surface area contributed by atoms with Gasteiger partial charge in [-0.15, -0.1) is 0 Å². The van der Waals surface area contributed by atoms with Gasteiger partial charge in [0, 0.05) is 0 Å². The molecule has 0 aromatic carbocycles.